The van der Waals surface area contributed by atoms with Gasteiger partial charge in [-0.2, -0.15) is 13.2 Å². The monoisotopic (exact) mass is 563 g/mol. The predicted octanol–water partition coefficient (Wildman–Crippen LogP) is 7.91. The van der Waals surface area contributed by atoms with E-state index in [-0.39, 0.29) is 17.2 Å². The summed E-state index contributed by atoms with van der Waals surface area (Å²) in [5.41, 5.74) is 2.64. The van der Waals surface area contributed by atoms with Crippen LogP contribution in [0.25, 0.3) is 0 Å². The second-order valence-corrected chi connectivity index (χ2v) is 11.3. The molecule has 41 heavy (non-hydrogen) atoms. The Hall–Kier alpha value is -3.81. The number of carbonyl (C=O) groups is 2. The van der Waals surface area contributed by atoms with Gasteiger partial charge in [0.05, 0.1) is 17.5 Å². The highest BCUT2D eigenvalue weighted by atomic mass is 19.4. The van der Waals surface area contributed by atoms with Crippen LogP contribution in [-0.2, 0) is 11.0 Å². The number of nitrogens with zero attached hydrogens (tertiary/aromatic N) is 1. The van der Waals surface area contributed by atoms with Crippen molar-refractivity contribution in [3.05, 3.63) is 94.5 Å². The van der Waals surface area contributed by atoms with E-state index >= 15 is 0 Å². The van der Waals surface area contributed by atoms with E-state index < -0.39 is 29.6 Å². The molecular weight excluding hydrogens is 527 g/mol. The lowest BCUT2D eigenvalue weighted by Gasteiger charge is -2.41. The van der Waals surface area contributed by atoms with Gasteiger partial charge in [0, 0.05) is 29.5 Å². The Bertz CT molecular complexity index is 1400. The number of alkyl halides is 3. The summed E-state index contributed by atoms with van der Waals surface area (Å²) in [6.07, 6.45) is 1.30. The van der Waals surface area contributed by atoms with Crippen LogP contribution in [0.2, 0.25) is 0 Å². The van der Waals surface area contributed by atoms with Crippen LogP contribution in [0.5, 0.6) is 0 Å². The van der Waals surface area contributed by atoms with E-state index in [4.69, 9.17) is 0 Å². The maximum Gasteiger partial charge on any atom is 0.416 e. The van der Waals surface area contributed by atoms with Crippen LogP contribution in [-0.4, -0.2) is 29.3 Å². The van der Waals surface area contributed by atoms with Gasteiger partial charge in [-0.05, 0) is 86.6 Å². The van der Waals surface area contributed by atoms with Crippen LogP contribution in [0.4, 0.5) is 24.5 Å². The Morgan fingerprint density at radius 3 is 2.20 bits per heavy atom. The quantitative estimate of drug-likeness (QED) is 0.320. The van der Waals surface area contributed by atoms with Gasteiger partial charge in [-0.3, -0.25) is 9.59 Å². The van der Waals surface area contributed by atoms with E-state index in [2.05, 4.69) is 10.6 Å². The molecule has 0 aromatic heterocycles. The molecule has 1 aliphatic heterocycles. The average Bonchev–Trinajstić information content (AvgIpc) is 3.46. The number of amides is 2. The first-order chi connectivity index (χ1) is 19.6. The average molecular weight is 564 g/mol. The zero-order valence-corrected chi connectivity index (χ0v) is 23.4. The van der Waals surface area contributed by atoms with Crippen molar-refractivity contribution in [2.24, 2.45) is 5.92 Å². The molecule has 0 radical (unpaired) electrons. The SMILES string of the molecule is Cc1ccccc1C(=O)N1CCC[C@H](C(=O)Nc2ccc(C)c(C(F)(F)F)c2)[C@@H]1c1ccc(NC2CCCC2)cc1. The second kappa shape index (κ2) is 12.0. The third-order valence-electron chi connectivity index (χ3n) is 8.39. The van der Waals surface area contributed by atoms with Crippen LogP contribution < -0.4 is 10.6 Å². The van der Waals surface area contributed by atoms with Crippen LogP contribution in [0.3, 0.4) is 0 Å². The highest BCUT2D eigenvalue weighted by Gasteiger charge is 2.40. The Labute approximate surface area is 239 Å². The van der Waals surface area contributed by atoms with Gasteiger partial charge < -0.3 is 15.5 Å². The van der Waals surface area contributed by atoms with Crippen molar-refractivity contribution in [3.8, 4) is 0 Å². The number of rotatable bonds is 6. The van der Waals surface area contributed by atoms with Crippen molar-refractivity contribution in [2.45, 2.75) is 70.6 Å². The fraction of sp³-hybridized carbons (Fsp3) is 0.394. The first kappa shape index (κ1) is 28.7. The third-order valence-corrected chi connectivity index (χ3v) is 8.39. The second-order valence-electron chi connectivity index (χ2n) is 11.3. The summed E-state index contributed by atoms with van der Waals surface area (Å²) in [5.74, 6) is -1.20. The first-order valence-electron chi connectivity index (χ1n) is 14.3. The van der Waals surface area contributed by atoms with Gasteiger partial charge in [0.25, 0.3) is 5.91 Å². The molecule has 1 heterocycles. The predicted molar refractivity (Wildman–Crippen MR) is 155 cm³/mol. The van der Waals surface area contributed by atoms with Gasteiger partial charge in [0.1, 0.15) is 0 Å². The molecule has 3 aromatic carbocycles. The molecular formula is C33H36F3N3O2. The molecule has 1 saturated heterocycles. The Balaban J connectivity index is 1.46. The number of carbonyl (C=O) groups excluding carboxylic acids is 2. The van der Waals surface area contributed by atoms with Gasteiger partial charge in [0.15, 0.2) is 0 Å². The summed E-state index contributed by atoms with van der Waals surface area (Å²) < 4.78 is 40.6. The molecule has 216 valence electrons. The summed E-state index contributed by atoms with van der Waals surface area (Å²) in [4.78, 5) is 29.4. The van der Waals surface area contributed by atoms with Crippen LogP contribution in [0, 0.1) is 19.8 Å². The molecule has 1 aliphatic carbocycles. The Morgan fingerprint density at radius 1 is 0.829 bits per heavy atom. The molecule has 0 spiro atoms. The smallest absolute Gasteiger partial charge is 0.382 e. The maximum absolute atomic E-state index is 13.9. The number of hydrogen-bond donors (Lipinski definition) is 2. The molecule has 2 atom stereocenters. The highest BCUT2D eigenvalue weighted by molar-refractivity contribution is 5.98. The van der Waals surface area contributed by atoms with E-state index in [1.165, 1.54) is 31.9 Å². The third kappa shape index (κ3) is 6.42. The van der Waals surface area contributed by atoms with E-state index in [1.54, 1.807) is 11.0 Å². The number of hydrogen-bond acceptors (Lipinski definition) is 3. The Morgan fingerprint density at radius 2 is 1.51 bits per heavy atom. The molecule has 3 aromatic rings. The van der Waals surface area contributed by atoms with Crippen molar-refractivity contribution in [3.63, 3.8) is 0 Å². The molecule has 0 unspecified atom stereocenters. The largest absolute Gasteiger partial charge is 0.416 e. The number of halogens is 3. The molecule has 8 heteroatoms. The van der Waals surface area contributed by atoms with Gasteiger partial charge in [0.2, 0.25) is 5.91 Å². The van der Waals surface area contributed by atoms with Crippen molar-refractivity contribution in [1.82, 2.24) is 4.90 Å². The topological polar surface area (TPSA) is 61.4 Å². The molecule has 5 rings (SSSR count). The van der Waals surface area contributed by atoms with Crippen LogP contribution >= 0.6 is 0 Å². The lowest BCUT2D eigenvalue weighted by Crippen LogP contribution is -2.46. The number of benzene rings is 3. The summed E-state index contributed by atoms with van der Waals surface area (Å²) in [7, 11) is 0. The number of anilines is 2. The highest BCUT2D eigenvalue weighted by Crippen LogP contribution is 2.39. The molecule has 2 amide bonds. The standard InChI is InChI=1S/C33H36F3N3O2/c1-21-8-3-6-11-27(21)32(41)39-19-7-12-28(31(40)38-26-16-13-22(2)29(20-26)33(34,35)36)30(39)23-14-17-25(18-15-23)37-24-9-4-5-10-24/h3,6,8,11,13-18,20,24,28,30,37H,4-5,7,9-10,12,19H2,1-2H3,(H,38,40)/t28-,30-/m0/s1. The molecule has 0 bridgehead atoms. The van der Waals surface area contributed by atoms with Gasteiger partial charge >= 0.3 is 6.18 Å². The van der Waals surface area contributed by atoms with E-state index in [9.17, 15) is 22.8 Å². The van der Waals surface area contributed by atoms with Crippen molar-refractivity contribution in [1.29, 1.82) is 0 Å². The summed E-state index contributed by atoms with van der Waals surface area (Å²) in [6, 6.07) is 19.0. The van der Waals surface area contributed by atoms with Gasteiger partial charge in [-0.25, -0.2) is 0 Å². The van der Waals surface area contributed by atoms with E-state index in [1.807, 2.05) is 49.4 Å². The lowest BCUT2D eigenvalue weighted by atomic mass is 9.83. The van der Waals surface area contributed by atoms with Gasteiger partial charge in [-0.1, -0.05) is 49.2 Å². The van der Waals surface area contributed by atoms with Crippen LogP contribution in [0.15, 0.2) is 66.7 Å². The van der Waals surface area contributed by atoms with Crippen molar-refractivity contribution in [2.75, 3.05) is 17.2 Å². The minimum atomic E-state index is -4.52. The zero-order chi connectivity index (χ0) is 29.1. The summed E-state index contributed by atoms with van der Waals surface area (Å²) >= 11 is 0. The number of piperidine rings is 1. The summed E-state index contributed by atoms with van der Waals surface area (Å²) in [6.45, 7) is 3.76. The maximum atomic E-state index is 13.9. The zero-order valence-electron chi connectivity index (χ0n) is 23.4. The van der Waals surface area contributed by atoms with Crippen molar-refractivity contribution >= 4 is 23.2 Å². The molecule has 5 nitrogen and oxygen atoms in total. The Kier molecular flexibility index (Phi) is 8.38. The van der Waals surface area contributed by atoms with E-state index in [0.29, 0.717) is 31.0 Å². The van der Waals surface area contributed by atoms with Crippen molar-refractivity contribution < 1.29 is 22.8 Å². The molecule has 2 fully saturated rings. The minimum absolute atomic E-state index is 0.0881. The minimum Gasteiger partial charge on any atom is -0.382 e. The summed E-state index contributed by atoms with van der Waals surface area (Å²) in [5, 5.41) is 6.31. The fourth-order valence-electron chi connectivity index (χ4n) is 6.20. The molecule has 2 aliphatic rings. The van der Waals surface area contributed by atoms with Crippen LogP contribution in [0.1, 0.15) is 77.2 Å². The number of likely N-dealkylation sites (tertiary alicyclic amines) is 1. The molecule has 1 saturated carbocycles. The van der Waals surface area contributed by atoms with E-state index in [0.717, 1.165) is 35.7 Å². The van der Waals surface area contributed by atoms with Gasteiger partial charge in [-0.15, -0.1) is 0 Å². The lowest BCUT2D eigenvalue weighted by molar-refractivity contribution is -0.138. The molecule has 2 N–H and O–H groups in total. The number of aryl methyl sites for hydroxylation is 2. The fourth-order valence-corrected chi connectivity index (χ4v) is 6.20. The normalized spacial score (nSPS) is 19.7. The number of nitrogens with one attached hydrogen (secondary N) is 2. The first-order valence-corrected chi connectivity index (χ1v) is 14.3.